The first-order chi connectivity index (χ1) is 5.27. The molecule has 2 aliphatic rings. The molecule has 2 rings (SSSR count). The van der Waals surface area contributed by atoms with Crippen molar-refractivity contribution in [1.29, 1.82) is 0 Å². The second-order valence-corrected chi connectivity index (χ2v) is 3.40. The molecule has 0 aliphatic carbocycles. The number of hydrazine groups is 1. The first-order valence-electron chi connectivity index (χ1n) is 4.29. The number of fused-ring (bicyclic) bond motifs is 1. The summed E-state index contributed by atoms with van der Waals surface area (Å²) in [5.41, 5.74) is 3.37. The molecule has 0 aromatic rings. The fourth-order valence-corrected chi connectivity index (χ4v) is 1.85. The van der Waals surface area contributed by atoms with Crippen LogP contribution in [-0.2, 0) is 0 Å². The van der Waals surface area contributed by atoms with E-state index in [4.69, 9.17) is 0 Å². The second-order valence-electron chi connectivity index (χ2n) is 3.40. The Morgan fingerprint density at radius 2 is 2.18 bits per heavy atom. The Balaban J connectivity index is 2.03. The fraction of sp³-hybridized carbons (Fsp3) is 1.00. The summed E-state index contributed by atoms with van der Waals surface area (Å²) in [5.74, 6) is 0. The Morgan fingerprint density at radius 1 is 1.36 bits per heavy atom. The minimum absolute atomic E-state index is 0.419. The average molecular weight is 156 g/mol. The van der Waals surface area contributed by atoms with Crippen LogP contribution in [0.15, 0.2) is 0 Å². The van der Waals surface area contributed by atoms with Gasteiger partial charge in [0.05, 0.1) is 12.3 Å². The molecule has 0 aromatic carbocycles. The van der Waals surface area contributed by atoms with Gasteiger partial charge in [0.2, 0.25) is 0 Å². The fourth-order valence-electron chi connectivity index (χ4n) is 1.85. The number of hydrogen-bond donors (Lipinski definition) is 3. The predicted octanol–water partition coefficient (Wildman–Crippen LogP) is -0.940. The summed E-state index contributed by atoms with van der Waals surface area (Å²) in [6, 6.07) is 0.543. The number of nitrogens with one attached hydrogen (secondary N) is 3. The molecule has 2 aliphatic heterocycles. The molecule has 11 heavy (non-hydrogen) atoms. The van der Waals surface area contributed by atoms with Crippen LogP contribution in [0, 0.1) is 0 Å². The molecular weight excluding hydrogens is 140 g/mol. The van der Waals surface area contributed by atoms with Gasteiger partial charge < -0.3 is 5.32 Å². The van der Waals surface area contributed by atoms with E-state index in [0.717, 1.165) is 13.1 Å². The van der Waals surface area contributed by atoms with Crippen LogP contribution in [0.2, 0.25) is 0 Å². The van der Waals surface area contributed by atoms with Gasteiger partial charge in [-0.3, -0.25) is 5.32 Å². The minimum atomic E-state index is 0.419. The highest BCUT2D eigenvalue weighted by Crippen LogP contribution is 2.09. The Bertz CT molecular complexity index is 149. The van der Waals surface area contributed by atoms with Crippen molar-refractivity contribution in [1.82, 2.24) is 21.1 Å². The van der Waals surface area contributed by atoms with Crippen LogP contribution in [-0.4, -0.2) is 36.5 Å². The van der Waals surface area contributed by atoms with Crippen molar-refractivity contribution in [2.45, 2.75) is 32.2 Å². The zero-order valence-electron chi connectivity index (χ0n) is 7.09. The largest absolute Gasteiger partial charge is 0.310 e. The third-order valence-corrected chi connectivity index (χ3v) is 2.41. The molecule has 0 saturated carbocycles. The van der Waals surface area contributed by atoms with E-state index in [1.54, 1.807) is 0 Å². The molecule has 4 heteroatoms. The molecule has 0 spiro atoms. The second kappa shape index (κ2) is 2.71. The van der Waals surface area contributed by atoms with Crippen LogP contribution >= 0.6 is 0 Å². The Morgan fingerprint density at radius 3 is 2.91 bits per heavy atom. The van der Waals surface area contributed by atoms with Gasteiger partial charge >= 0.3 is 0 Å². The molecule has 3 atom stereocenters. The van der Waals surface area contributed by atoms with Crippen LogP contribution in [0.3, 0.4) is 0 Å². The highest BCUT2D eigenvalue weighted by atomic mass is 15.7. The molecular formula is C7H16N4. The van der Waals surface area contributed by atoms with Gasteiger partial charge in [-0.1, -0.05) is 0 Å². The maximum Gasteiger partial charge on any atom is 0.0898 e. The molecule has 0 aromatic heterocycles. The number of nitrogens with zero attached hydrogens (tertiary/aromatic N) is 1. The zero-order valence-corrected chi connectivity index (χ0v) is 7.09. The Labute approximate surface area is 67.3 Å². The quantitative estimate of drug-likeness (QED) is 0.423. The van der Waals surface area contributed by atoms with Crippen LogP contribution in [0.1, 0.15) is 13.8 Å². The van der Waals surface area contributed by atoms with Gasteiger partial charge in [0.25, 0.3) is 0 Å². The number of piperazine rings is 1. The standard InChI is InChI=1S/C7H16N4/c1-5-7-9-6(2)10-11(7)4-3-8-5/h5-10H,3-4H2,1-2H3. The average Bonchev–Trinajstić information content (AvgIpc) is 2.31. The van der Waals surface area contributed by atoms with Crippen molar-refractivity contribution in [3.8, 4) is 0 Å². The van der Waals surface area contributed by atoms with Crippen LogP contribution in [0.5, 0.6) is 0 Å². The van der Waals surface area contributed by atoms with Crippen molar-refractivity contribution in [3.63, 3.8) is 0 Å². The highest BCUT2D eigenvalue weighted by Gasteiger charge is 2.34. The van der Waals surface area contributed by atoms with E-state index in [1.165, 1.54) is 0 Å². The monoisotopic (exact) mass is 156 g/mol. The highest BCUT2D eigenvalue weighted by molar-refractivity contribution is 4.88. The summed E-state index contributed by atoms with van der Waals surface area (Å²) in [4.78, 5) is 0. The van der Waals surface area contributed by atoms with E-state index in [1.807, 2.05) is 0 Å². The van der Waals surface area contributed by atoms with E-state index in [9.17, 15) is 0 Å². The van der Waals surface area contributed by atoms with Crippen LogP contribution in [0.25, 0.3) is 0 Å². The first kappa shape index (κ1) is 7.49. The van der Waals surface area contributed by atoms with Gasteiger partial charge in [-0.25, -0.2) is 10.4 Å². The molecule has 4 nitrogen and oxygen atoms in total. The predicted molar refractivity (Wildman–Crippen MR) is 43.7 cm³/mol. The molecule has 3 unspecified atom stereocenters. The summed E-state index contributed by atoms with van der Waals surface area (Å²) in [5, 5.41) is 9.17. The topological polar surface area (TPSA) is 39.3 Å². The summed E-state index contributed by atoms with van der Waals surface area (Å²) < 4.78 is 0. The zero-order chi connectivity index (χ0) is 7.84. The molecule has 0 bridgehead atoms. The summed E-state index contributed by atoms with van der Waals surface area (Å²) in [6.45, 7) is 6.53. The van der Waals surface area contributed by atoms with Crippen LogP contribution in [0.4, 0.5) is 0 Å². The van der Waals surface area contributed by atoms with E-state index >= 15 is 0 Å². The Hall–Kier alpha value is -0.160. The van der Waals surface area contributed by atoms with E-state index in [-0.39, 0.29) is 0 Å². The summed E-state index contributed by atoms with van der Waals surface area (Å²) >= 11 is 0. The molecule has 3 N–H and O–H groups in total. The molecule has 0 radical (unpaired) electrons. The van der Waals surface area contributed by atoms with Gasteiger partial charge in [-0.15, -0.1) is 0 Å². The smallest absolute Gasteiger partial charge is 0.0898 e. The summed E-state index contributed by atoms with van der Waals surface area (Å²) in [6.07, 6.45) is 0.890. The van der Waals surface area contributed by atoms with Crippen molar-refractivity contribution in [2.75, 3.05) is 13.1 Å². The SMILES string of the molecule is CC1NC2C(C)NCCN2N1. The van der Waals surface area contributed by atoms with Gasteiger partial charge in [-0.05, 0) is 13.8 Å². The lowest BCUT2D eigenvalue weighted by Crippen LogP contribution is -2.59. The van der Waals surface area contributed by atoms with Gasteiger partial charge in [0.1, 0.15) is 0 Å². The van der Waals surface area contributed by atoms with Gasteiger partial charge in [-0.2, -0.15) is 0 Å². The summed E-state index contributed by atoms with van der Waals surface area (Å²) in [7, 11) is 0. The van der Waals surface area contributed by atoms with Crippen molar-refractivity contribution < 1.29 is 0 Å². The van der Waals surface area contributed by atoms with Gasteiger partial charge in [0.15, 0.2) is 0 Å². The van der Waals surface area contributed by atoms with E-state index in [2.05, 4.69) is 34.9 Å². The lowest BCUT2D eigenvalue weighted by Gasteiger charge is -2.34. The number of hydrogen-bond acceptors (Lipinski definition) is 4. The van der Waals surface area contributed by atoms with Crippen molar-refractivity contribution >= 4 is 0 Å². The third-order valence-electron chi connectivity index (χ3n) is 2.41. The lowest BCUT2D eigenvalue weighted by molar-refractivity contribution is 0.114. The Kier molecular flexibility index (Phi) is 1.85. The molecule has 64 valence electrons. The molecule has 2 heterocycles. The maximum atomic E-state index is 3.46. The number of rotatable bonds is 0. The lowest BCUT2D eigenvalue weighted by atomic mass is 10.2. The molecule has 2 fully saturated rings. The van der Waals surface area contributed by atoms with Crippen molar-refractivity contribution in [3.05, 3.63) is 0 Å². The molecule has 0 amide bonds. The van der Waals surface area contributed by atoms with E-state index < -0.39 is 0 Å². The van der Waals surface area contributed by atoms with Gasteiger partial charge in [0, 0.05) is 19.1 Å². The maximum absolute atomic E-state index is 3.46. The van der Waals surface area contributed by atoms with E-state index in [0.29, 0.717) is 18.4 Å². The third kappa shape index (κ3) is 1.27. The normalized spacial score (nSPS) is 45.8. The first-order valence-corrected chi connectivity index (χ1v) is 4.29. The molecule has 2 saturated heterocycles. The minimum Gasteiger partial charge on any atom is -0.310 e. The van der Waals surface area contributed by atoms with Crippen LogP contribution < -0.4 is 16.1 Å². The van der Waals surface area contributed by atoms with Crippen molar-refractivity contribution in [2.24, 2.45) is 0 Å².